The fourth-order valence-electron chi connectivity index (χ4n) is 3.29. The number of carbonyl (C=O) groups is 1. The molecule has 132 valence electrons. The van der Waals surface area contributed by atoms with Crippen LogP contribution in [0.5, 0.6) is 11.5 Å². The third-order valence-electron chi connectivity index (χ3n) is 4.61. The molecule has 0 aromatic heterocycles. The highest BCUT2D eigenvalue weighted by Gasteiger charge is 2.26. The molecule has 0 saturated heterocycles. The standard InChI is InChI=1S/C19H20N2O3.ClH/c1-21(11-13-6-7-17-18(8-13)24-12-23-17)19(22)16-9-14-4-2-3-5-15(14)10-20-16;/h2-8,16,20H,9-12H2,1H3;1H. The summed E-state index contributed by atoms with van der Waals surface area (Å²) >= 11 is 0. The van der Waals surface area contributed by atoms with Crippen LogP contribution in [0.15, 0.2) is 42.5 Å². The van der Waals surface area contributed by atoms with Crippen molar-refractivity contribution >= 4 is 18.3 Å². The first-order valence-electron chi connectivity index (χ1n) is 8.14. The zero-order valence-corrected chi connectivity index (χ0v) is 14.8. The van der Waals surface area contributed by atoms with E-state index < -0.39 is 0 Å². The van der Waals surface area contributed by atoms with Crippen LogP contribution in [0.3, 0.4) is 0 Å². The maximum Gasteiger partial charge on any atom is 0.240 e. The van der Waals surface area contributed by atoms with Crippen LogP contribution in [0.25, 0.3) is 0 Å². The number of amides is 1. The van der Waals surface area contributed by atoms with Crippen molar-refractivity contribution in [2.45, 2.75) is 25.6 Å². The van der Waals surface area contributed by atoms with Gasteiger partial charge in [-0.2, -0.15) is 0 Å². The van der Waals surface area contributed by atoms with Gasteiger partial charge in [-0.15, -0.1) is 12.4 Å². The van der Waals surface area contributed by atoms with Crippen LogP contribution in [0.2, 0.25) is 0 Å². The van der Waals surface area contributed by atoms with E-state index in [0.717, 1.165) is 30.0 Å². The first kappa shape index (κ1) is 17.6. The summed E-state index contributed by atoms with van der Waals surface area (Å²) in [6.07, 6.45) is 0.737. The number of likely N-dealkylation sites (N-methyl/N-ethyl adjacent to an activating group) is 1. The Morgan fingerprint density at radius 3 is 2.76 bits per heavy atom. The van der Waals surface area contributed by atoms with Crippen molar-refractivity contribution in [3.8, 4) is 11.5 Å². The second kappa shape index (κ2) is 7.33. The first-order valence-corrected chi connectivity index (χ1v) is 8.14. The van der Waals surface area contributed by atoms with E-state index in [0.29, 0.717) is 6.54 Å². The van der Waals surface area contributed by atoms with Crippen molar-refractivity contribution in [2.24, 2.45) is 0 Å². The van der Waals surface area contributed by atoms with Gasteiger partial charge in [0.1, 0.15) is 0 Å². The molecule has 2 heterocycles. The van der Waals surface area contributed by atoms with E-state index >= 15 is 0 Å². The van der Waals surface area contributed by atoms with E-state index in [1.54, 1.807) is 4.90 Å². The topological polar surface area (TPSA) is 50.8 Å². The number of fused-ring (bicyclic) bond motifs is 2. The molecule has 25 heavy (non-hydrogen) atoms. The summed E-state index contributed by atoms with van der Waals surface area (Å²) in [6.45, 7) is 1.55. The molecule has 4 rings (SSSR count). The molecule has 0 aliphatic carbocycles. The smallest absolute Gasteiger partial charge is 0.240 e. The Morgan fingerprint density at radius 2 is 1.92 bits per heavy atom. The van der Waals surface area contributed by atoms with Crippen LogP contribution in [0.4, 0.5) is 0 Å². The quantitative estimate of drug-likeness (QED) is 0.913. The summed E-state index contributed by atoms with van der Waals surface area (Å²) in [7, 11) is 1.84. The van der Waals surface area contributed by atoms with Gasteiger partial charge in [-0.05, 0) is 35.2 Å². The molecule has 2 aromatic carbocycles. The molecule has 0 saturated carbocycles. The van der Waals surface area contributed by atoms with Crippen molar-refractivity contribution in [3.63, 3.8) is 0 Å². The van der Waals surface area contributed by atoms with Crippen LogP contribution in [-0.4, -0.2) is 30.7 Å². The van der Waals surface area contributed by atoms with E-state index in [4.69, 9.17) is 9.47 Å². The normalized spacial score (nSPS) is 17.4. The van der Waals surface area contributed by atoms with E-state index in [2.05, 4.69) is 17.4 Å². The number of ether oxygens (including phenoxy) is 2. The minimum Gasteiger partial charge on any atom is -0.454 e. The number of carbonyl (C=O) groups excluding carboxylic acids is 1. The summed E-state index contributed by atoms with van der Waals surface area (Å²) in [6, 6.07) is 13.9. The van der Waals surface area contributed by atoms with Crippen molar-refractivity contribution in [1.82, 2.24) is 10.2 Å². The minimum absolute atomic E-state index is 0. The Balaban J connectivity index is 0.00000182. The molecule has 1 amide bonds. The molecule has 2 aliphatic heterocycles. The van der Waals surface area contributed by atoms with Gasteiger partial charge in [-0.3, -0.25) is 4.79 Å². The number of hydrogen-bond acceptors (Lipinski definition) is 4. The molecule has 2 aromatic rings. The molecule has 0 radical (unpaired) electrons. The van der Waals surface area contributed by atoms with Gasteiger partial charge in [0.15, 0.2) is 11.5 Å². The van der Waals surface area contributed by atoms with Gasteiger partial charge in [-0.1, -0.05) is 30.3 Å². The van der Waals surface area contributed by atoms with E-state index in [9.17, 15) is 4.79 Å². The predicted octanol–water partition coefficient (Wildman–Crippen LogP) is 2.51. The van der Waals surface area contributed by atoms with Crippen LogP contribution >= 0.6 is 12.4 Å². The molecule has 2 aliphatic rings. The van der Waals surface area contributed by atoms with Gasteiger partial charge in [0.2, 0.25) is 12.7 Å². The summed E-state index contributed by atoms with van der Waals surface area (Å²) in [4.78, 5) is 14.5. The second-order valence-electron chi connectivity index (χ2n) is 6.29. The molecule has 1 unspecified atom stereocenters. The molecule has 1 atom stereocenters. The van der Waals surface area contributed by atoms with E-state index in [-0.39, 0.29) is 31.1 Å². The number of halogens is 1. The first-order chi connectivity index (χ1) is 11.7. The van der Waals surface area contributed by atoms with Gasteiger partial charge >= 0.3 is 0 Å². The lowest BCUT2D eigenvalue weighted by Gasteiger charge is -2.29. The monoisotopic (exact) mass is 360 g/mol. The number of hydrogen-bond donors (Lipinski definition) is 1. The number of benzene rings is 2. The van der Waals surface area contributed by atoms with E-state index in [1.165, 1.54) is 11.1 Å². The fraction of sp³-hybridized carbons (Fsp3) is 0.316. The van der Waals surface area contributed by atoms with Crippen molar-refractivity contribution < 1.29 is 14.3 Å². The Bertz CT molecular complexity index is 781. The lowest BCUT2D eigenvalue weighted by atomic mass is 9.95. The molecular formula is C19H21ClN2O3. The minimum atomic E-state index is -0.168. The Hall–Kier alpha value is -2.24. The highest BCUT2D eigenvalue weighted by molar-refractivity contribution is 5.85. The van der Waals surface area contributed by atoms with E-state index in [1.807, 2.05) is 37.4 Å². The average Bonchev–Trinajstić information content (AvgIpc) is 3.08. The Labute approximate surface area is 153 Å². The van der Waals surface area contributed by atoms with Crippen LogP contribution in [0.1, 0.15) is 16.7 Å². The highest BCUT2D eigenvalue weighted by atomic mass is 35.5. The van der Waals surface area contributed by atoms with Gasteiger partial charge in [0, 0.05) is 20.1 Å². The van der Waals surface area contributed by atoms with Gasteiger partial charge < -0.3 is 19.7 Å². The zero-order chi connectivity index (χ0) is 16.5. The molecule has 6 heteroatoms. The molecular weight excluding hydrogens is 340 g/mol. The predicted molar refractivity (Wildman–Crippen MR) is 97.1 cm³/mol. The third kappa shape index (κ3) is 3.57. The zero-order valence-electron chi connectivity index (χ0n) is 14.0. The Kier molecular flexibility index (Phi) is 5.16. The average molecular weight is 361 g/mol. The maximum atomic E-state index is 12.8. The van der Waals surface area contributed by atoms with Crippen LogP contribution < -0.4 is 14.8 Å². The van der Waals surface area contributed by atoms with Crippen LogP contribution in [0, 0.1) is 0 Å². The van der Waals surface area contributed by atoms with Gasteiger partial charge in [-0.25, -0.2) is 0 Å². The highest BCUT2D eigenvalue weighted by Crippen LogP contribution is 2.32. The molecule has 0 fully saturated rings. The third-order valence-corrected chi connectivity index (χ3v) is 4.61. The number of nitrogens with zero attached hydrogens (tertiary/aromatic N) is 1. The largest absolute Gasteiger partial charge is 0.454 e. The van der Waals surface area contributed by atoms with Gasteiger partial charge in [0.05, 0.1) is 6.04 Å². The lowest BCUT2D eigenvalue weighted by Crippen LogP contribution is -2.48. The summed E-state index contributed by atoms with van der Waals surface area (Å²) in [5.74, 6) is 1.62. The lowest BCUT2D eigenvalue weighted by molar-refractivity contribution is -0.132. The molecule has 5 nitrogen and oxygen atoms in total. The maximum absolute atomic E-state index is 12.8. The summed E-state index contributed by atoms with van der Waals surface area (Å²) in [5, 5.41) is 3.35. The fourth-order valence-corrected chi connectivity index (χ4v) is 3.29. The molecule has 0 bridgehead atoms. The van der Waals surface area contributed by atoms with Crippen molar-refractivity contribution in [2.75, 3.05) is 13.8 Å². The summed E-state index contributed by atoms with van der Waals surface area (Å²) in [5.41, 5.74) is 3.57. The molecule has 0 spiro atoms. The van der Waals surface area contributed by atoms with Gasteiger partial charge in [0.25, 0.3) is 0 Å². The number of nitrogens with one attached hydrogen (secondary N) is 1. The number of rotatable bonds is 3. The SMILES string of the molecule is CN(Cc1ccc2c(c1)OCO2)C(=O)C1Cc2ccccc2CN1.Cl. The Morgan fingerprint density at radius 1 is 1.16 bits per heavy atom. The van der Waals surface area contributed by atoms with Crippen molar-refractivity contribution in [1.29, 1.82) is 0 Å². The van der Waals surface area contributed by atoms with Crippen LogP contribution in [-0.2, 0) is 24.3 Å². The summed E-state index contributed by atoms with van der Waals surface area (Å²) < 4.78 is 10.7. The molecule has 1 N–H and O–H groups in total. The van der Waals surface area contributed by atoms with Crippen molar-refractivity contribution in [3.05, 3.63) is 59.2 Å². The second-order valence-corrected chi connectivity index (χ2v) is 6.29.